The number of anilines is 2. The van der Waals surface area contributed by atoms with Crippen LogP contribution < -0.4 is 15.5 Å². The molecule has 0 bridgehead atoms. The van der Waals surface area contributed by atoms with E-state index < -0.39 is 5.82 Å². The van der Waals surface area contributed by atoms with Gasteiger partial charge in [0.15, 0.2) is 5.11 Å². The quantitative estimate of drug-likeness (QED) is 0.391. The molecule has 2 aromatic carbocycles. The summed E-state index contributed by atoms with van der Waals surface area (Å²) >= 11 is 5.77. The van der Waals surface area contributed by atoms with Crippen LogP contribution in [0.3, 0.4) is 0 Å². The zero-order valence-corrected chi connectivity index (χ0v) is 22.8. The van der Waals surface area contributed by atoms with E-state index in [2.05, 4.69) is 72.6 Å². The van der Waals surface area contributed by atoms with Crippen LogP contribution in [0.2, 0.25) is 0 Å². The Labute approximate surface area is 228 Å². The van der Waals surface area contributed by atoms with E-state index >= 15 is 0 Å². The number of likely N-dealkylation sites (N-methyl/N-ethyl adjacent to an activating group) is 1. The minimum atomic E-state index is -0.460. The number of carbonyl (C=O) groups is 1. The fourth-order valence-electron chi connectivity index (χ4n) is 5.37. The number of para-hydroxylation sites is 1. The minimum absolute atomic E-state index is 0.0802. The Morgan fingerprint density at radius 3 is 2.66 bits per heavy atom. The summed E-state index contributed by atoms with van der Waals surface area (Å²) in [4.78, 5) is 21.7. The molecule has 1 amide bonds. The first-order chi connectivity index (χ1) is 18.2. The first-order valence-electron chi connectivity index (χ1n) is 12.8. The lowest BCUT2D eigenvalue weighted by molar-refractivity contribution is -0.116. The van der Waals surface area contributed by atoms with Gasteiger partial charge in [0.05, 0.1) is 29.0 Å². The molecule has 1 fully saturated rings. The molecule has 0 radical (unpaired) electrons. The first-order valence-corrected chi connectivity index (χ1v) is 13.2. The summed E-state index contributed by atoms with van der Waals surface area (Å²) in [6.45, 7) is 6.94. The number of hydrogen-bond acceptors (Lipinski definition) is 4. The SMILES string of the molecule is CC1=CC(C)(C)N(C)c2ccc([C@H]3[C@H](c4ccccn4)NC(=S)N3CCC(=O)Nc3ccccc3F)cc21. The molecular formula is C30H32FN5OS. The zero-order valence-electron chi connectivity index (χ0n) is 22.0. The Hall–Kier alpha value is -3.78. The number of nitrogens with zero attached hydrogens (tertiary/aromatic N) is 3. The van der Waals surface area contributed by atoms with Crippen LogP contribution in [0.15, 0.2) is 72.9 Å². The van der Waals surface area contributed by atoms with Gasteiger partial charge in [0.1, 0.15) is 5.82 Å². The highest BCUT2D eigenvalue weighted by molar-refractivity contribution is 7.80. The van der Waals surface area contributed by atoms with E-state index in [4.69, 9.17) is 12.2 Å². The van der Waals surface area contributed by atoms with E-state index in [9.17, 15) is 9.18 Å². The number of amides is 1. The summed E-state index contributed by atoms with van der Waals surface area (Å²) in [7, 11) is 2.12. The zero-order chi connectivity index (χ0) is 27.0. The second-order valence-electron chi connectivity index (χ2n) is 10.4. The Kier molecular flexibility index (Phi) is 6.92. The molecule has 1 saturated heterocycles. The van der Waals surface area contributed by atoms with Crippen molar-refractivity contribution in [3.63, 3.8) is 0 Å². The van der Waals surface area contributed by atoms with Crippen LogP contribution in [-0.4, -0.2) is 40.0 Å². The lowest BCUT2D eigenvalue weighted by atomic mass is 9.86. The van der Waals surface area contributed by atoms with Crippen molar-refractivity contribution in [1.29, 1.82) is 0 Å². The largest absolute Gasteiger partial charge is 0.366 e. The predicted octanol–water partition coefficient (Wildman–Crippen LogP) is 5.85. The van der Waals surface area contributed by atoms with E-state index in [0.29, 0.717) is 11.7 Å². The second kappa shape index (κ2) is 10.2. The van der Waals surface area contributed by atoms with E-state index in [0.717, 1.165) is 11.3 Å². The van der Waals surface area contributed by atoms with Crippen LogP contribution >= 0.6 is 12.2 Å². The van der Waals surface area contributed by atoms with Crippen LogP contribution in [0.25, 0.3) is 5.57 Å². The Morgan fingerprint density at radius 1 is 1.16 bits per heavy atom. The lowest BCUT2D eigenvalue weighted by Gasteiger charge is -2.41. The number of allylic oxidation sites excluding steroid dienone is 1. The van der Waals surface area contributed by atoms with E-state index in [1.807, 2.05) is 23.1 Å². The third-order valence-corrected chi connectivity index (χ3v) is 7.86. The number of halogens is 1. The molecular weight excluding hydrogens is 497 g/mol. The van der Waals surface area contributed by atoms with Crippen molar-refractivity contribution in [1.82, 2.24) is 15.2 Å². The topological polar surface area (TPSA) is 60.5 Å². The van der Waals surface area contributed by atoms with Crippen molar-refractivity contribution in [2.45, 2.75) is 44.8 Å². The van der Waals surface area contributed by atoms with Crippen molar-refractivity contribution < 1.29 is 9.18 Å². The second-order valence-corrected chi connectivity index (χ2v) is 10.8. The number of pyridine rings is 1. The summed E-state index contributed by atoms with van der Waals surface area (Å²) in [6.07, 6.45) is 4.22. The molecule has 196 valence electrons. The monoisotopic (exact) mass is 529 g/mol. The molecule has 2 aliphatic rings. The molecule has 0 unspecified atom stereocenters. The average Bonchev–Trinajstić information content (AvgIpc) is 3.23. The normalized spacial score (nSPS) is 20.0. The molecule has 8 heteroatoms. The Morgan fingerprint density at radius 2 is 1.92 bits per heavy atom. The number of benzene rings is 2. The molecule has 2 aliphatic heterocycles. The number of rotatable bonds is 6. The fraction of sp³-hybridized carbons (Fsp3) is 0.300. The number of thiocarbonyl (C=S) groups is 1. The highest BCUT2D eigenvalue weighted by Crippen LogP contribution is 2.43. The van der Waals surface area contributed by atoms with Crippen molar-refractivity contribution in [2.75, 3.05) is 23.8 Å². The van der Waals surface area contributed by atoms with Gasteiger partial charge >= 0.3 is 0 Å². The van der Waals surface area contributed by atoms with Gasteiger partial charge in [0, 0.05) is 37.5 Å². The number of nitrogens with one attached hydrogen (secondary N) is 2. The highest BCUT2D eigenvalue weighted by atomic mass is 32.1. The van der Waals surface area contributed by atoms with Gasteiger partial charge in [-0.3, -0.25) is 9.78 Å². The summed E-state index contributed by atoms with van der Waals surface area (Å²) in [6, 6.07) is 18.2. The maximum atomic E-state index is 14.0. The average molecular weight is 530 g/mol. The van der Waals surface area contributed by atoms with Gasteiger partial charge in [-0.05, 0) is 80.5 Å². The Balaban J connectivity index is 1.46. The molecule has 3 heterocycles. The molecule has 6 nitrogen and oxygen atoms in total. The molecule has 2 atom stereocenters. The molecule has 1 aromatic heterocycles. The predicted molar refractivity (Wildman–Crippen MR) is 154 cm³/mol. The fourth-order valence-corrected chi connectivity index (χ4v) is 5.70. The third kappa shape index (κ3) is 4.88. The number of fused-ring (bicyclic) bond motifs is 1. The lowest BCUT2D eigenvalue weighted by Crippen LogP contribution is -2.42. The maximum absolute atomic E-state index is 14.0. The molecule has 0 aliphatic carbocycles. The third-order valence-electron chi connectivity index (χ3n) is 7.51. The van der Waals surface area contributed by atoms with E-state index in [-0.39, 0.29) is 35.6 Å². The van der Waals surface area contributed by atoms with Crippen molar-refractivity contribution in [2.24, 2.45) is 0 Å². The van der Waals surface area contributed by atoms with Gasteiger partial charge < -0.3 is 20.4 Å². The van der Waals surface area contributed by atoms with Gasteiger partial charge in [-0.2, -0.15) is 0 Å². The highest BCUT2D eigenvalue weighted by Gasteiger charge is 2.40. The summed E-state index contributed by atoms with van der Waals surface area (Å²) in [5.74, 6) is -0.732. The van der Waals surface area contributed by atoms with Gasteiger partial charge in [-0.25, -0.2) is 4.39 Å². The van der Waals surface area contributed by atoms with Crippen molar-refractivity contribution in [3.05, 3.63) is 95.6 Å². The van der Waals surface area contributed by atoms with Crippen LogP contribution in [0.4, 0.5) is 15.8 Å². The van der Waals surface area contributed by atoms with Crippen molar-refractivity contribution >= 4 is 40.2 Å². The molecule has 0 saturated carbocycles. The molecule has 38 heavy (non-hydrogen) atoms. The van der Waals surface area contributed by atoms with Gasteiger partial charge in [0.2, 0.25) is 5.91 Å². The van der Waals surface area contributed by atoms with Gasteiger partial charge in [-0.15, -0.1) is 0 Å². The summed E-state index contributed by atoms with van der Waals surface area (Å²) < 4.78 is 14.0. The van der Waals surface area contributed by atoms with Crippen molar-refractivity contribution in [3.8, 4) is 0 Å². The van der Waals surface area contributed by atoms with Gasteiger partial charge in [-0.1, -0.05) is 30.3 Å². The molecule has 2 N–H and O–H groups in total. The number of hydrogen-bond donors (Lipinski definition) is 2. The minimum Gasteiger partial charge on any atom is -0.366 e. The van der Waals surface area contributed by atoms with Crippen LogP contribution in [0.1, 0.15) is 56.1 Å². The van der Waals surface area contributed by atoms with Crippen LogP contribution in [0, 0.1) is 5.82 Å². The van der Waals surface area contributed by atoms with Crippen LogP contribution in [-0.2, 0) is 4.79 Å². The summed E-state index contributed by atoms with van der Waals surface area (Å²) in [5.41, 5.74) is 5.64. The summed E-state index contributed by atoms with van der Waals surface area (Å²) in [5, 5.41) is 6.68. The molecule has 0 spiro atoms. The van der Waals surface area contributed by atoms with E-state index in [1.54, 1.807) is 24.4 Å². The van der Waals surface area contributed by atoms with Crippen LogP contribution in [0.5, 0.6) is 0 Å². The smallest absolute Gasteiger partial charge is 0.226 e. The first kappa shape index (κ1) is 25.9. The Bertz CT molecular complexity index is 1410. The molecule has 3 aromatic rings. The standard InChI is InChI=1S/C30H32FN5OS/c1-19-18-30(2,3)35(4)25-13-12-20(17-21(19)25)28-27(24-11-7-8-15-32-24)34-29(38)36(28)16-14-26(37)33-23-10-6-5-9-22(23)31/h5-13,15,17-18,27-28H,14,16H2,1-4H3,(H,33,37)(H,34,38)/t27-,28-/m0/s1. The maximum Gasteiger partial charge on any atom is 0.226 e. The van der Waals surface area contributed by atoms with Gasteiger partial charge in [0.25, 0.3) is 0 Å². The van der Waals surface area contributed by atoms with E-state index in [1.165, 1.54) is 22.9 Å². The number of carbonyl (C=O) groups excluding carboxylic acids is 1. The number of aromatic nitrogens is 1. The molecule has 5 rings (SSSR count).